The highest BCUT2D eigenvalue weighted by atomic mass is 16.6. The van der Waals surface area contributed by atoms with Crippen molar-refractivity contribution in [1.82, 2.24) is 9.80 Å². The van der Waals surface area contributed by atoms with Crippen molar-refractivity contribution in [3.05, 3.63) is 64.2 Å². The van der Waals surface area contributed by atoms with Crippen molar-refractivity contribution >= 4 is 23.2 Å². The number of nitrogens with zero attached hydrogens (tertiary/aromatic N) is 3. The van der Waals surface area contributed by atoms with Gasteiger partial charge in [-0.05, 0) is 44.3 Å². The molecule has 3 rings (SSSR count). The molecule has 0 spiro atoms. The number of rotatable bonds is 6. The summed E-state index contributed by atoms with van der Waals surface area (Å²) in [4.78, 5) is 39.4. The van der Waals surface area contributed by atoms with Gasteiger partial charge in [0.05, 0.1) is 4.92 Å². The Balaban J connectivity index is 1.60. The Kier molecular flexibility index (Phi) is 6.63. The molecule has 1 N–H and O–H groups in total. The van der Waals surface area contributed by atoms with E-state index in [9.17, 15) is 19.7 Å². The molecule has 1 fully saturated rings. The van der Waals surface area contributed by atoms with Crippen LogP contribution in [0.4, 0.5) is 11.4 Å². The van der Waals surface area contributed by atoms with Crippen LogP contribution in [0.15, 0.2) is 48.5 Å². The van der Waals surface area contributed by atoms with Crippen LogP contribution >= 0.6 is 0 Å². The van der Waals surface area contributed by atoms with Crippen LogP contribution < -0.4 is 10.1 Å². The number of carbonyl (C=O) groups is 2. The number of benzene rings is 2. The molecule has 158 valence electrons. The molecule has 0 bridgehead atoms. The Labute approximate surface area is 174 Å². The van der Waals surface area contributed by atoms with Crippen LogP contribution in [0.5, 0.6) is 5.75 Å². The fraction of sp³-hybridized carbons (Fsp3) is 0.333. The first-order chi connectivity index (χ1) is 14.3. The van der Waals surface area contributed by atoms with E-state index in [0.717, 1.165) is 13.1 Å². The first-order valence-corrected chi connectivity index (χ1v) is 9.63. The SMILES string of the molecule is CC(Oc1ccc([N+](=O)[O-])cc1)C(=O)Nc1cccc(C(=O)N2CCN(C)CC2)c1. The largest absolute Gasteiger partial charge is 0.481 e. The summed E-state index contributed by atoms with van der Waals surface area (Å²) in [5, 5.41) is 13.5. The van der Waals surface area contributed by atoms with E-state index >= 15 is 0 Å². The molecule has 1 saturated heterocycles. The van der Waals surface area contributed by atoms with Crippen LogP contribution in [-0.4, -0.2) is 65.9 Å². The molecular weight excluding hydrogens is 388 g/mol. The third-order valence-corrected chi connectivity index (χ3v) is 4.90. The van der Waals surface area contributed by atoms with Gasteiger partial charge >= 0.3 is 0 Å². The molecule has 0 radical (unpaired) electrons. The van der Waals surface area contributed by atoms with Gasteiger partial charge in [0.15, 0.2) is 6.10 Å². The molecule has 0 aromatic heterocycles. The average molecular weight is 412 g/mol. The molecular formula is C21H24N4O5. The lowest BCUT2D eigenvalue weighted by molar-refractivity contribution is -0.384. The molecule has 1 aliphatic rings. The Bertz CT molecular complexity index is 923. The van der Waals surface area contributed by atoms with Gasteiger partial charge in [-0.25, -0.2) is 0 Å². The van der Waals surface area contributed by atoms with Crippen LogP contribution in [0.2, 0.25) is 0 Å². The molecule has 1 aliphatic heterocycles. The van der Waals surface area contributed by atoms with Crippen molar-refractivity contribution < 1.29 is 19.2 Å². The molecule has 0 saturated carbocycles. The number of amides is 2. The van der Waals surface area contributed by atoms with Crippen LogP contribution in [0, 0.1) is 10.1 Å². The summed E-state index contributed by atoms with van der Waals surface area (Å²) in [5.74, 6) is -0.103. The molecule has 9 nitrogen and oxygen atoms in total. The molecule has 2 amide bonds. The van der Waals surface area contributed by atoms with Crippen LogP contribution in [0.25, 0.3) is 0 Å². The molecule has 9 heteroatoms. The number of non-ortho nitro benzene ring substituents is 1. The number of ether oxygens (including phenoxy) is 1. The number of likely N-dealkylation sites (N-methyl/N-ethyl adjacent to an activating group) is 1. The summed E-state index contributed by atoms with van der Waals surface area (Å²) in [6.45, 7) is 4.59. The van der Waals surface area contributed by atoms with Gasteiger partial charge in [-0.1, -0.05) is 6.07 Å². The van der Waals surface area contributed by atoms with E-state index in [2.05, 4.69) is 10.2 Å². The first kappa shape index (κ1) is 21.3. The second kappa shape index (κ2) is 9.36. The van der Waals surface area contributed by atoms with Crippen LogP contribution in [-0.2, 0) is 4.79 Å². The maximum atomic E-state index is 12.7. The highest BCUT2D eigenvalue weighted by molar-refractivity contribution is 5.98. The van der Waals surface area contributed by atoms with Crippen molar-refractivity contribution in [1.29, 1.82) is 0 Å². The maximum absolute atomic E-state index is 12.7. The number of carbonyl (C=O) groups excluding carboxylic acids is 2. The van der Waals surface area contributed by atoms with Gasteiger partial charge in [-0.3, -0.25) is 19.7 Å². The monoisotopic (exact) mass is 412 g/mol. The minimum Gasteiger partial charge on any atom is -0.481 e. The van der Waals surface area contributed by atoms with Gasteiger partial charge in [0.1, 0.15) is 5.75 Å². The van der Waals surface area contributed by atoms with Gasteiger partial charge in [-0.15, -0.1) is 0 Å². The van der Waals surface area contributed by atoms with E-state index in [4.69, 9.17) is 4.74 Å². The van der Waals surface area contributed by atoms with Gasteiger partial charge < -0.3 is 19.9 Å². The zero-order valence-corrected chi connectivity index (χ0v) is 16.9. The van der Waals surface area contributed by atoms with Crippen molar-refractivity contribution in [2.24, 2.45) is 0 Å². The first-order valence-electron chi connectivity index (χ1n) is 9.63. The lowest BCUT2D eigenvalue weighted by atomic mass is 10.1. The molecule has 30 heavy (non-hydrogen) atoms. The summed E-state index contributed by atoms with van der Waals surface area (Å²) in [6, 6.07) is 12.3. The number of nitro benzene ring substituents is 1. The normalized spacial score (nSPS) is 15.3. The number of anilines is 1. The maximum Gasteiger partial charge on any atom is 0.269 e. The van der Waals surface area contributed by atoms with E-state index in [0.29, 0.717) is 30.1 Å². The predicted molar refractivity (Wildman–Crippen MR) is 112 cm³/mol. The quantitative estimate of drug-likeness (QED) is 0.577. The third-order valence-electron chi connectivity index (χ3n) is 4.90. The second-order valence-corrected chi connectivity index (χ2v) is 7.18. The van der Waals surface area contributed by atoms with Crippen molar-refractivity contribution in [2.45, 2.75) is 13.0 Å². The lowest BCUT2D eigenvalue weighted by Gasteiger charge is -2.32. The van der Waals surface area contributed by atoms with Crippen molar-refractivity contribution in [2.75, 3.05) is 38.5 Å². The Morgan fingerprint density at radius 2 is 1.77 bits per heavy atom. The van der Waals surface area contributed by atoms with E-state index in [1.54, 1.807) is 36.1 Å². The number of piperazine rings is 1. The summed E-state index contributed by atoms with van der Waals surface area (Å²) in [6.07, 6.45) is -0.830. The second-order valence-electron chi connectivity index (χ2n) is 7.18. The minimum absolute atomic E-state index is 0.0544. The number of hydrogen-bond donors (Lipinski definition) is 1. The Morgan fingerprint density at radius 3 is 2.40 bits per heavy atom. The third kappa shape index (κ3) is 5.32. The predicted octanol–water partition coefficient (Wildman–Crippen LogP) is 2.39. The zero-order chi connectivity index (χ0) is 21.7. The Hall–Kier alpha value is -3.46. The van der Waals surface area contributed by atoms with Gasteiger partial charge in [-0.2, -0.15) is 0 Å². The number of nitrogens with one attached hydrogen (secondary N) is 1. The summed E-state index contributed by atoms with van der Waals surface area (Å²) in [7, 11) is 2.03. The number of nitro groups is 1. The molecule has 2 aromatic carbocycles. The van der Waals surface area contributed by atoms with Crippen LogP contribution in [0.1, 0.15) is 17.3 Å². The summed E-state index contributed by atoms with van der Waals surface area (Å²) in [5.41, 5.74) is 0.960. The molecule has 1 atom stereocenters. The number of hydrogen-bond acceptors (Lipinski definition) is 6. The van der Waals surface area contributed by atoms with Crippen molar-refractivity contribution in [3.8, 4) is 5.75 Å². The average Bonchev–Trinajstić information content (AvgIpc) is 2.74. The smallest absolute Gasteiger partial charge is 0.269 e. The highest BCUT2D eigenvalue weighted by Crippen LogP contribution is 2.19. The minimum atomic E-state index is -0.830. The molecule has 1 unspecified atom stereocenters. The van der Waals surface area contributed by atoms with E-state index in [-0.39, 0.29) is 11.6 Å². The van der Waals surface area contributed by atoms with E-state index in [1.807, 2.05) is 7.05 Å². The van der Waals surface area contributed by atoms with Gasteiger partial charge in [0, 0.05) is 49.6 Å². The van der Waals surface area contributed by atoms with Gasteiger partial charge in [0.2, 0.25) is 0 Å². The topological polar surface area (TPSA) is 105 Å². The fourth-order valence-electron chi connectivity index (χ4n) is 3.07. The van der Waals surface area contributed by atoms with Crippen LogP contribution in [0.3, 0.4) is 0 Å². The van der Waals surface area contributed by atoms with E-state index < -0.39 is 16.9 Å². The lowest BCUT2D eigenvalue weighted by Crippen LogP contribution is -2.47. The molecule has 0 aliphatic carbocycles. The molecule has 2 aromatic rings. The standard InChI is InChI=1S/C21H24N4O5/c1-15(30-19-8-6-18(7-9-19)25(28)29)20(26)22-17-5-3-4-16(14-17)21(27)24-12-10-23(2)11-13-24/h3-9,14-15H,10-13H2,1-2H3,(H,22,26). The van der Waals surface area contributed by atoms with Crippen molar-refractivity contribution in [3.63, 3.8) is 0 Å². The summed E-state index contributed by atoms with van der Waals surface area (Å²) >= 11 is 0. The van der Waals surface area contributed by atoms with E-state index in [1.165, 1.54) is 24.3 Å². The summed E-state index contributed by atoms with van der Waals surface area (Å²) < 4.78 is 5.55. The zero-order valence-electron chi connectivity index (χ0n) is 16.9. The molecule has 1 heterocycles. The van der Waals surface area contributed by atoms with Gasteiger partial charge in [0.25, 0.3) is 17.5 Å². The highest BCUT2D eigenvalue weighted by Gasteiger charge is 2.21. The fourth-order valence-corrected chi connectivity index (χ4v) is 3.07. The Morgan fingerprint density at radius 1 is 1.10 bits per heavy atom.